The van der Waals surface area contributed by atoms with Gasteiger partial charge >= 0.3 is 0 Å². The molecule has 168 valence electrons. The highest BCUT2D eigenvalue weighted by Gasteiger charge is 2.50. The van der Waals surface area contributed by atoms with Crippen molar-refractivity contribution >= 4 is 41.1 Å². The lowest BCUT2D eigenvalue weighted by molar-refractivity contribution is 0.0316. The summed E-state index contributed by atoms with van der Waals surface area (Å²) in [6.45, 7) is 6.02. The Morgan fingerprint density at radius 1 is 1.26 bits per heavy atom. The van der Waals surface area contributed by atoms with E-state index in [-0.39, 0.29) is 33.7 Å². The first-order valence-electron chi connectivity index (χ1n) is 10.5. The van der Waals surface area contributed by atoms with E-state index in [1.807, 2.05) is 0 Å². The summed E-state index contributed by atoms with van der Waals surface area (Å²) in [5.41, 5.74) is -0.275. The molecule has 4 rings (SSSR count). The molecule has 3 aliphatic rings. The molecule has 6 nitrogen and oxygen atoms in total. The normalized spacial score (nSPS) is 28.8. The van der Waals surface area contributed by atoms with Crippen molar-refractivity contribution in [3.8, 4) is 0 Å². The number of methoxy groups -OCH3 is 1. The number of fused-ring (bicyclic) bond motifs is 1. The molecule has 1 aromatic carbocycles. The molecule has 2 heterocycles. The summed E-state index contributed by atoms with van der Waals surface area (Å²) in [4.78, 5) is 9.16. The van der Waals surface area contributed by atoms with Crippen molar-refractivity contribution in [1.29, 1.82) is 0 Å². The summed E-state index contributed by atoms with van der Waals surface area (Å²) in [6, 6.07) is 3.12. The third-order valence-corrected chi connectivity index (χ3v) is 7.13. The Morgan fingerprint density at radius 2 is 2.00 bits per heavy atom. The van der Waals surface area contributed by atoms with E-state index < -0.39 is 11.4 Å². The Balaban J connectivity index is 1.65. The van der Waals surface area contributed by atoms with Crippen LogP contribution in [-0.4, -0.2) is 44.0 Å². The van der Waals surface area contributed by atoms with Crippen molar-refractivity contribution < 1.29 is 13.9 Å². The number of benzene rings is 1. The zero-order valence-corrected chi connectivity index (χ0v) is 19.4. The Hall–Kier alpha value is -1.83. The first-order valence-corrected chi connectivity index (χ1v) is 11.3. The number of halogens is 3. The zero-order valence-electron chi connectivity index (χ0n) is 17.8. The summed E-state index contributed by atoms with van der Waals surface area (Å²) >= 11 is 11.9. The second-order valence-corrected chi connectivity index (χ2v) is 9.25. The molecule has 2 N–H and O–H groups in total. The topological polar surface area (TPSA) is 67.2 Å². The first-order chi connectivity index (χ1) is 14.8. The summed E-state index contributed by atoms with van der Waals surface area (Å²) in [5.74, 6) is 1.43. The Morgan fingerprint density at radius 3 is 2.71 bits per heavy atom. The monoisotopic (exact) mass is 468 g/mol. The summed E-state index contributed by atoms with van der Waals surface area (Å²) in [5, 5.41) is 6.54. The van der Waals surface area contributed by atoms with Crippen LogP contribution in [0.2, 0.25) is 10.0 Å². The van der Waals surface area contributed by atoms with E-state index in [0.717, 1.165) is 37.4 Å². The fourth-order valence-corrected chi connectivity index (χ4v) is 5.05. The van der Waals surface area contributed by atoms with Crippen molar-refractivity contribution in [3.63, 3.8) is 0 Å². The third-order valence-electron chi connectivity index (χ3n) is 6.35. The number of hydrogen-bond donors (Lipinski definition) is 2. The van der Waals surface area contributed by atoms with Gasteiger partial charge in [0.1, 0.15) is 29.8 Å². The summed E-state index contributed by atoms with van der Waals surface area (Å²) < 4.78 is 26.9. The van der Waals surface area contributed by atoms with Crippen LogP contribution in [-0.2, 0) is 9.47 Å². The lowest BCUT2D eigenvalue weighted by Crippen LogP contribution is -2.51. The van der Waals surface area contributed by atoms with Gasteiger partial charge in [0.15, 0.2) is 5.82 Å². The number of anilines is 1. The maximum absolute atomic E-state index is 14.7. The van der Waals surface area contributed by atoms with Crippen LogP contribution in [0.5, 0.6) is 0 Å². The Labute approximate surface area is 191 Å². The van der Waals surface area contributed by atoms with Crippen molar-refractivity contribution in [1.82, 2.24) is 5.32 Å². The highest BCUT2D eigenvalue weighted by Crippen LogP contribution is 2.47. The van der Waals surface area contributed by atoms with Gasteiger partial charge in [0.2, 0.25) is 0 Å². The largest absolute Gasteiger partial charge is 0.497 e. The van der Waals surface area contributed by atoms with E-state index in [1.54, 1.807) is 19.2 Å². The van der Waals surface area contributed by atoms with E-state index in [9.17, 15) is 4.39 Å². The van der Waals surface area contributed by atoms with Crippen LogP contribution < -0.4 is 10.6 Å². The van der Waals surface area contributed by atoms with Crippen LogP contribution in [0.15, 0.2) is 33.6 Å². The van der Waals surface area contributed by atoms with Crippen LogP contribution in [0.3, 0.4) is 0 Å². The molecular formula is C22H27Cl2FN4O2. The number of nitrogens with one attached hydrogen (secondary N) is 2. The van der Waals surface area contributed by atoms with Gasteiger partial charge in [-0.25, -0.2) is 9.38 Å². The van der Waals surface area contributed by atoms with Gasteiger partial charge in [-0.05, 0) is 45.0 Å². The molecule has 0 aromatic heterocycles. The van der Waals surface area contributed by atoms with Gasteiger partial charge in [0.05, 0.1) is 34.3 Å². The van der Waals surface area contributed by atoms with Gasteiger partial charge in [-0.3, -0.25) is 4.99 Å². The Kier molecular flexibility index (Phi) is 6.47. The molecule has 0 saturated carbocycles. The molecule has 0 amide bonds. The SMILES string of the molecule is COC1=C(OC2CCNCC2)C(C)C2C(Nc3ccc(Cl)c(Cl)c3F)=NC=NC2(C)C1. The van der Waals surface area contributed by atoms with Gasteiger partial charge in [-0.2, -0.15) is 0 Å². The molecule has 3 atom stereocenters. The van der Waals surface area contributed by atoms with E-state index in [2.05, 4.69) is 34.5 Å². The molecule has 9 heteroatoms. The van der Waals surface area contributed by atoms with Crippen LogP contribution in [0.1, 0.15) is 33.1 Å². The number of aliphatic imine (C=N–C) groups is 2. The lowest BCUT2D eigenvalue weighted by atomic mass is 9.69. The quantitative estimate of drug-likeness (QED) is 0.608. The second kappa shape index (κ2) is 8.96. The highest BCUT2D eigenvalue weighted by atomic mass is 35.5. The second-order valence-electron chi connectivity index (χ2n) is 8.47. The van der Waals surface area contributed by atoms with Crippen LogP contribution in [0, 0.1) is 17.7 Å². The van der Waals surface area contributed by atoms with E-state index in [0.29, 0.717) is 12.3 Å². The lowest BCUT2D eigenvalue weighted by Gasteiger charge is -2.45. The van der Waals surface area contributed by atoms with Crippen LogP contribution in [0.25, 0.3) is 0 Å². The molecule has 1 aliphatic carbocycles. The number of hydrogen-bond acceptors (Lipinski definition) is 6. The summed E-state index contributed by atoms with van der Waals surface area (Å²) in [7, 11) is 1.67. The van der Waals surface area contributed by atoms with Gasteiger partial charge in [0, 0.05) is 12.3 Å². The molecule has 0 spiro atoms. The molecule has 1 aromatic rings. The highest BCUT2D eigenvalue weighted by molar-refractivity contribution is 6.42. The Bertz CT molecular complexity index is 946. The number of piperidine rings is 1. The minimum Gasteiger partial charge on any atom is -0.497 e. The van der Waals surface area contributed by atoms with Gasteiger partial charge in [0.25, 0.3) is 0 Å². The fraction of sp³-hybridized carbons (Fsp3) is 0.545. The minimum absolute atomic E-state index is 0.0712. The third kappa shape index (κ3) is 4.28. The number of nitrogens with zero attached hydrogens (tertiary/aromatic N) is 2. The average Bonchev–Trinajstić information content (AvgIpc) is 2.76. The molecular weight excluding hydrogens is 442 g/mol. The molecule has 1 saturated heterocycles. The number of allylic oxidation sites excluding steroid dienone is 1. The predicted molar refractivity (Wildman–Crippen MR) is 123 cm³/mol. The number of rotatable bonds is 4. The molecule has 3 unspecified atom stereocenters. The average molecular weight is 469 g/mol. The van der Waals surface area contributed by atoms with Gasteiger partial charge < -0.3 is 20.1 Å². The van der Waals surface area contributed by atoms with Crippen LogP contribution in [0.4, 0.5) is 10.1 Å². The molecule has 0 radical (unpaired) electrons. The first kappa shape index (κ1) is 22.4. The van der Waals surface area contributed by atoms with Crippen molar-refractivity contribution in [2.75, 3.05) is 25.5 Å². The van der Waals surface area contributed by atoms with Crippen LogP contribution >= 0.6 is 23.2 Å². The smallest absolute Gasteiger partial charge is 0.166 e. The number of amidine groups is 1. The van der Waals surface area contributed by atoms with Gasteiger partial charge in [-0.15, -0.1) is 0 Å². The summed E-state index contributed by atoms with van der Waals surface area (Å²) in [6.07, 6.45) is 4.12. The van der Waals surface area contributed by atoms with Crippen molar-refractivity contribution in [3.05, 3.63) is 39.5 Å². The number of ether oxygens (including phenoxy) is 2. The van der Waals surface area contributed by atoms with E-state index in [4.69, 9.17) is 32.7 Å². The maximum atomic E-state index is 14.7. The fourth-order valence-electron chi connectivity index (χ4n) is 4.74. The molecule has 2 aliphatic heterocycles. The molecule has 31 heavy (non-hydrogen) atoms. The standard InChI is InChI=1S/C22H27Cl2FN4O2/c1-12-17-21(29-15-5-4-14(23)18(24)19(15)25)27-11-28-22(17,2)10-16(30-3)20(12)31-13-6-8-26-9-7-13/h4-5,11-13,17,26H,6-10H2,1-3H3,(H,27,28,29). The predicted octanol–water partition coefficient (Wildman–Crippen LogP) is 5.03. The van der Waals surface area contributed by atoms with Crippen molar-refractivity contribution in [2.24, 2.45) is 21.8 Å². The van der Waals surface area contributed by atoms with E-state index in [1.165, 1.54) is 6.34 Å². The maximum Gasteiger partial charge on any atom is 0.166 e. The molecule has 1 fully saturated rings. The zero-order chi connectivity index (χ0) is 22.2. The minimum atomic E-state index is -0.608. The van der Waals surface area contributed by atoms with E-state index >= 15 is 0 Å². The van der Waals surface area contributed by atoms with Gasteiger partial charge in [-0.1, -0.05) is 30.1 Å². The van der Waals surface area contributed by atoms with Crippen molar-refractivity contribution in [2.45, 2.75) is 44.8 Å². The molecule has 0 bridgehead atoms.